The first-order chi connectivity index (χ1) is 6.26. The smallest absolute Gasteiger partial charge is 0.434 e. The number of carbonyl (C=O) groups excluding carboxylic acids is 1. The first kappa shape index (κ1) is 10.3. The summed E-state index contributed by atoms with van der Waals surface area (Å²) in [5.41, 5.74) is 0. The van der Waals surface area contributed by atoms with Crippen molar-refractivity contribution in [2.45, 2.75) is 32.5 Å². The lowest BCUT2D eigenvalue weighted by Gasteiger charge is -2.13. The van der Waals surface area contributed by atoms with Gasteiger partial charge in [-0.3, -0.25) is 0 Å². The zero-order valence-corrected chi connectivity index (χ0v) is 8.12. The van der Waals surface area contributed by atoms with Crippen LogP contribution < -0.4 is 0 Å². The highest BCUT2D eigenvalue weighted by Gasteiger charge is 2.24. The predicted molar refractivity (Wildman–Crippen MR) is 46.2 cm³/mol. The molecular weight excluding hydrogens is 172 g/mol. The van der Waals surface area contributed by atoms with Crippen LogP contribution in [0.15, 0.2) is 0 Å². The van der Waals surface area contributed by atoms with Crippen molar-refractivity contribution in [1.29, 1.82) is 0 Å². The van der Waals surface area contributed by atoms with Gasteiger partial charge in [-0.25, -0.2) is 4.79 Å². The molecule has 1 atom stereocenters. The zero-order chi connectivity index (χ0) is 9.68. The van der Waals surface area contributed by atoms with E-state index in [1.807, 2.05) is 6.92 Å². The second-order valence-electron chi connectivity index (χ2n) is 3.20. The molecule has 1 unspecified atom stereocenters. The maximum absolute atomic E-state index is 11.0. The minimum absolute atomic E-state index is 0.480. The molecule has 1 aliphatic carbocycles. The molecule has 4 nitrogen and oxygen atoms in total. The van der Waals surface area contributed by atoms with Crippen LogP contribution >= 0.6 is 0 Å². The number of carbonyl (C=O) groups is 1. The van der Waals surface area contributed by atoms with Crippen molar-refractivity contribution in [1.82, 2.24) is 0 Å². The third kappa shape index (κ3) is 4.12. The highest BCUT2D eigenvalue weighted by molar-refractivity contribution is 5.59. The van der Waals surface area contributed by atoms with E-state index in [-0.39, 0.29) is 0 Å². The van der Waals surface area contributed by atoms with Crippen LogP contribution in [0.5, 0.6) is 0 Å². The maximum atomic E-state index is 11.0. The van der Waals surface area contributed by atoms with Gasteiger partial charge in [0.25, 0.3) is 0 Å². The van der Waals surface area contributed by atoms with E-state index in [4.69, 9.17) is 14.2 Å². The van der Waals surface area contributed by atoms with Gasteiger partial charge in [-0.1, -0.05) is 6.92 Å². The van der Waals surface area contributed by atoms with E-state index < -0.39 is 12.4 Å². The summed E-state index contributed by atoms with van der Waals surface area (Å²) in [6, 6.07) is 0. The fourth-order valence-corrected chi connectivity index (χ4v) is 0.910. The van der Waals surface area contributed by atoms with Gasteiger partial charge in [0, 0.05) is 13.5 Å². The van der Waals surface area contributed by atoms with E-state index >= 15 is 0 Å². The summed E-state index contributed by atoms with van der Waals surface area (Å²) in [6.45, 7) is 2.36. The molecular formula is C9H16O4. The molecule has 0 aromatic heterocycles. The summed E-state index contributed by atoms with van der Waals surface area (Å²) in [5, 5.41) is 0. The Bertz CT molecular complexity index is 161. The molecule has 0 spiro atoms. The van der Waals surface area contributed by atoms with Crippen molar-refractivity contribution in [2.24, 2.45) is 5.92 Å². The van der Waals surface area contributed by atoms with Crippen LogP contribution in [-0.2, 0) is 14.2 Å². The standard InChI is InChI=1S/C9H16O4/c1-3-8(11-2)13-9(10)12-6-7-4-5-7/h7-8H,3-6H2,1-2H3. The Labute approximate surface area is 78.2 Å². The Kier molecular flexibility index (Phi) is 4.02. The van der Waals surface area contributed by atoms with Crippen LogP contribution in [0.2, 0.25) is 0 Å². The number of methoxy groups -OCH3 is 1. The quantitative estimate of drug-likeness (QED) is 0.488. The van der Waals surface area contributed by atoms with Crippen LogP contribution in [0.25, 0.3) is 0 Å². The Morgan fingerprint density at radius 3 is 2.69 bits per heavy atom. The van der Waals surface area contributed by atoms with Gasteiger partial charge in [0.2, 0.25) is 6.29 Å². The molecule has 0 aliphatic heterocycles. The van der Waals surface area contributed by atoms with Crippen LogP contribution in [0.1, 0.15) is 26.2 Å². The number of hydrogen-bond acceptors (Lipinski definition) is 4. The van der Waals surface area contributed by atoms with E-state index in [9.17, 15) is 4.79 Å². The van der Waals surface area contributed by atoms with Crippen LogP contribution in [0.3, 0.4) is 0 Å². The summed E-state index contributed by atoms with van der Waals surface area (Å²) in [6.07, 6.45) is 1.85. The molecule has 0 radical (unpaired) electrons. The lowest BCUT2D eigenvalue weighted by atomic mass is 10.5. The van der Waals surface area contributed by atoms with Gasteiger partial charge in [-0.2, -0.15) is 0 Å². The molecule has 4 heteroatoms. The van der Waals surface area contributed by atoms with Gasteiger partial charge in [0.05, 0.1) is 6.61 Å². The normalized spacial score (nSPS) is 18.0. The highest BCUT2D eigenvalue weighted by Crippen LogP contribution is 2.28. The Morgan fingerprint density at radius 1 is 1.54 bits per heavy atom. The van der Waals surface area contributed by atoms with Gasteiger partial charge in [0.1, 0.15) is 0 Å². The molecule has 0 N–H and O–H groups in total. The monoisotopic (exact) mass is 188 g/mol. The van der Waals surface area contributed by atoms with Crippen molar-refractivity contribution in [3.05, 3.63) is 0 Å². The Balaban J connectivity index is 2.07. The minimum atomic E-state index is -0.624. The van der Waals surface area contributed by atoms with E-state index in [2.05, 4.69) is 0 Å². The SMILES string of the molecule is CCC(OC)OC(=O)OCC1CC1. The lowest BCUT2D eigenvalue weighted by molar-refractivity contribution is -0.105. The van der Waals surface area contributed by atoms with E-state index in [0.717, 1.165) is 12.8 Å². The summed E-state index contributed by atoms with van der Waals surface area (Å²) >= 11 is 0. The average molecular weight is 188 g/mol. The first-order valence-corrected chi connectivity index (χ1v) is 4.62. The summed E-state index contributed by atoms with van der Waals surface area (Å²) in [7, 11) is 1.50. The lowest BCUT2D eigenvalue weighted by Crippen LogP contribution is -2.20. The molecule has 1 aliphatic rings. The molecule has 1 rings (SSSR count). The maximum Gasteiger partial charge on any atom is 0.510 e. The van der Waals surface area contributed by atoms with Crippen molar-refractivity contribution >= 4 is 6.16 Å². The van der Waals surface area contributed by atoms with Gasteiger partial charge in [0.15, 0.2) is 0 Å². The van der Waals surface area contributed by atoms with Gasteiger partial charge in [-0.15, -0.1) is 0 Å². The predicted octanol–water partition coefficient (Wildman–Crippen LogP) is 1.93. The number of ether oxygens (including phenoxy) is 3. The topological polar surface area (TPSA) is 44.8 Å². The fraction of sp³-hybridized carbons (Fsp3) is 0.889. The molecule has 0 aromatic carbocycles. The molecule has 0 saturated heterocycles. The number of rotatable bonds is 5. The second kappa shape index (κ2) is 5.07. The van der Waals surface area contributed by atoms with Gasteiger partial charge in [-0.05, 0) is 18.8 Å². The largest absolute Gasteiger partial charge is 0.510 e. The number of hydrogen-bond donors (Lipinski definition) is 0. The van der Waals surface area contributed by atoms with Gasteiger partial charge < -0.3 is 14.2 Å². The van der Waals surface area contributed by atoms with Crippen molar-refractivity contribution < 1.29 is 19.0 Å². The minimum Gasteiger partial charge on any atom is -0.434 e. The average Bonchev–Trinajstić information content (AvgIpc) is 2.94. The molecule has 13 heavy (non-hydrogen) atoms. The summed E-state index contributed by atoms with van der Waals surface area (Å²) < 4.78 is 14.6. The van der Waals surface area contributed by atoms with Crippen molar-refractivity contribution in [3.8, 4) is 0 Å². The van der Waals surface area contributed by atoms with Gasteiger partial charge >= 0.3 is 6.16 Å². The van der Waals surface area contributed by atoms with Crippen molar-refractivity contribution in [3.63, 3.8) is 0 Å². The summed E-state index contributed by atoms with van der Waals surface area (Å²) in [4.78, 5) is 11.0. The molecule has 0 heterocycles. The molecule has 0 amide bonds. The first-order valence-electron chi connectivity index (χ1n) is 4.62. The third-order valence-electron chi connectivity index (χ3n) is 1.96. The van der Waals surface area contributed by atoms with Crippen LogP contribution in [0.4, 0.5) is 4.79 Å². The third-order valence-corrected chi connectivity index (χ3v) is 1.96. The fourth-order valence-electron chi connectivity index (χ4n) is 0.910. The molecule has 0 aromatic rings. The molecule has 0 bridgehead atoms. The van der Waals surface area contributed by atoms with E-state index in [1.165, 1.54) is 7.11 Å². The Morgan fingerprint density at radius 2 is 2.23 bits per heavy atom. The zero-order valence-electron chi connectivity index (χ0n) is 8.12. The Hall–Kier alpha value is -0.770. The molecule has 1 fully saturated rings. The molecule has 76 valence electrons. The van der Waals surface area contributed by atoms with E-state index in [0.29, 0.717) is 18.9 Å². The second-order valence-corrected chi connectivity index (χ2v) is 3.20. The van der Waals surface area contributed by atoms with E-state index in [1.54, 1.807) is 0 Å². The summed E-state index contributed by atoms with van der Waals surface area (Å²) in [5.74, 6) is 0.565. The van der Waals surface area contributed by atoms with Crippen LogP contribution in [0, 0.1) is 5.92 Å². The molecule has 1 saturated carbocycles. The van der Waals surface area contributed by atoms with Crippen LogP contribution in [-0.4, -0.2) is 26.2 Å². The van der Waals surface area contributed by atoms with Crippen molar-refractivity contribution in [2.75, 3.05) is 13.7 Å². The highest BCUT2D eigenvalue weighted by atomic mass is 16.8.